The van der Waals surface area contributed by atoms with Crippen LogP contribution < -0.4 is 4.74 Å². The predicted octanol–water partition coefficient (Wildman–Crippen LogP) is 3.45. The molecule has 1 N–H and O–H groups in total. The van der Waals surface area contributed by atoms with Crippen molar-refractivity contribution in [3.8, 4) is 5.75 Å². The predicted molar refractivity (Wildman–Crippen MR) is 108 cm³/mol. The summed E-state index contributed by atoms with van der Waals surface area (Å²) in [5.74, 6) is 0.715. The van der Waals surface area contributed by atoms with Gasteiger partial charge in [-0.1, -0.05) is 35.9 Å². The standard InChI is InChI=1S/C21H29ClN2O2/c1-17-6-4-5-7-18(17)14-24(13-12-23(2)3)15-20(25)16-26-21-10-8-19(22)9-11-21/h4-11,20,25H,12-16H2,1-3H3. The molecule has 5 heteroatoms. The molecule has 0 aliphatic heterocycles. The summed E-state index contributed by atoms with van der Waals surface area (Å²) in [6.45, 7) is 5.59. The number of hydrogen-bond acceptors (Lipinski definition) is 4. The molecule has 26 heavy (non-hydrogen) atoms. The Bertz CT molecular complexity index is 661. The number of nitrogens with zero attached hydrogens (tertiary/aromatic N) is 2. The van der Waals surface area contributed by atoms with Crippen LogP contribution >= 0.6 is 11.6 Å². The molecule has 2 aromatic carbocycles. The van der Waals surface area contributed by atoms with Gasteiger partial charge < -0.3 is 14.7 Å². The van der Waals surface area contributed by atoms with Crippen LogP contribution in [0.2, 0.25) is 5.02 Å². The molecule has 0 heterocycles. The summed E-state index contributed by atoms with van der Waals surface area (Å²) < 4.78 is 5.68. The molecule has 2 aromatic rings. The van der Waals surface area contributed by atoms with Crippen molar-refractivity contribution in [3.63, 3.8) is 0 Å². The zero-order chi connectivity index (χ0) is 18.9. The number of rotatable bonds is 10. The topological polar surface area (TPSA) is 35.9 Å². The van der Waals surface area contributed by atoms with Crippen LogP contribution in [0.15, 0.2) is 48.5 Å². The highest BCUT2D eigenvalue weighted by Crippen LogP contribution is 2.16. The number of hydrogen-bond donors (Lipinski definition) is 1. The summed E-state index contributed by atoms with van der Waals surface area (Å²) in [4.78, 5) is 4.43. The molecule has 0 aliphatic rings. The SMILES string of the molecule is Cc1ccccc1CN(CCN(C)C)CC(O)COc1ccc(Cl)cc1. The largest absolute Gasteiger partial charge is 0.491 e. The van der Waals surface area contributed by atoms with Gasteiger partial charge in [0.2, 0.25) is 0 Å². The highest BCUT2D eigenvalue weighted by molar-refractivity contribution is 6.30. The molecule has 4 nitrogen and oxygen atoms in total. The number of benzene rings is 2. The normalized spacial score (nSPS) is 12.6. The maximum Gasteiger partial charge on any atom is 0.119 e. The second-order valence-corrected chi connectivity index (χ2v) is 7.32. The highest BCUT2D eigenvalue weighted by atomic mass is 35.5. The summed E-state index contributed by atoms with van der Waals surface area (Å²) in [5.41, 5.74) is 2.56. The van der Waals surface area contributed by atoms with E-state index >= 15 is 0 Å². The van der Waals surface area contributed by atoms with Gasteiger partial charge in [-0.2, -0.15) is 0 Å². The van der Waals surface area contributed by atoms with Gasteiger partial charge in [-0.3, -0.25) is 4.90 Å². The zero-order valence-electron chi connectivity index (χ0n) is 15.9. The third kappa shape index (κ3) is 7.34. The third-order valence-electron chi connectivity index (χ3n) is 4.24. The first-order valence-corrected chi connectivity index (χ1v) is 9.30. The van der Waals surface area contributed by atoms with Gasteiger partial charge in [-0.05, 0) is 56.4 Å². The van der Waals surface area contributed by atoms with Gasteiger partial charge >= 0.3 is 0 Å². The van der Waals surface area contributed by atoms with Crippen LogP contribution in [0.1, 0.15) is 11.1 Å². The Morgan fingerprint density at radius 2 is 1.73 bits per heavy atom. The minimum atomic E-state index is -0.558. The van der Waals surface area contributed by atoms with Crippen LogP contribution in [0.5, 0.6) is 5.75 Å². The second kappa shape index (κ2) is 10.5. The summed E-state index contributed by atoms with van der Waals surface area (Å²) in [7, 11) is 4.12. The van der Waals surface area contributed by atoms with Gasteiger partial charge in [0.25, 0.3) is 0 Å². The number of aliphatic hydroxyl groups excluding tert-OH is 1. The molecule has 142 valence electrons. The first-order chi connectivity index (χ1) is 12.4. The molecular formula is C21H29ClN2O2. The fourth-order valence-electron chi connectivity index (χ4n) is 2.68. The van der Waals surface area contributed by atoms with Crippen molar-refractivity contribution >= 4 is 11.6 Å². The summed E-state index contributed by atoms with van der Waals surface area (Å²) >= 11 is 5.88. The Morgan fingerprint density at radius 1 is 1.04 bits per heavy atom. The number of aryl methyl sites for hydroxylation is 1. The number of likely N-dealkylation sites (N-methyl/N-ethyl adjacent to an activating group) is 1. The van der Waals surface area contributed by atoms with Crippen LogP contribution in [0, 0.1) is 6.92 Å². The van der Waals surface area contributed by atoms with Crippen LogP contribution in [-0.4, -0.2) is 61.3 Å². The molecule has 1 unspecified atom stereocenters. The van der Waals surface area contributed by atoms with E-state index in [0.717, 1.165) is 19.6 Å². The van der Waals surface area contributed by atoms with Crippen LogP contribution in [0.4, 0.5) is 0 Å². The van der Waals surface area contributed by atoms with E-state index in [-0.39, 0.29) is 6.61 Å². The molecule has 0 spiro atoms. The minimum absolute atomic E-state index is 0.258. The third-order valence-corrected chi connectivity index (χ3v) is 4.50. The van der Waals surface area contributed by atoms with E-state index in [1.807, 2.05) is 12.1 Å². The molecule has 0 saturated carbocycles. The smallest absolute Gasteiger partial charge is 0.119 e. The summed E-state index contributed by atoms with van der Waals surface area (Å²) in [6, 6.07) is 15.6. The molecule has 0 bridgehead atoms. The van der Waals surface area contributed by atoms with Crippen LogP contribution in [0.25, 0.3) is 0 Å². The fourth-order valence-corrected chi connectivity index (χ4v) is 2.80. The Balaban J connectivity index is 1.91. The van der Waals surface area contributed by atoms with Crippen molar-refractivity contribution in [2.45, 2.75) is 19.6 Å². The molecule has 1 atom stereocenters. The molecule has 0 aliphatic carbocycles. The number of ether oxygens (including phenoxy) is 1. The monoisotopic (exact) mass is 376 g/mol. The fraction of sp³-hybridized carbons (Fsp3) is 0.429. The van der Waals surface area contributed by atoms with Crippen molar-refractivity contribution < 1.29 is 9.84 Å². The average Bonchev–Trinajstić information content (AvgIpc) is 2.61. The quantitative estimate of drug-likeness (QED) is 0.689. The van der Waals surface area contributed by atoms with Gasteiger partial charge in [-0.15, -0.1) is 0 Å². The number of aliphatic hydroxyl groups is 1. The van der Waals surface area contributed by atoms with E-state index in [0.29, 0.717) is 17.3 Å². The van der Waals surface area contributed by atoms with Gasteiger partial charge in [0.1, 0.15) is 18.5 Å². The van der Waals surface area contributed by atoms with Gasteiger partial charge in [0.15, 0.2) is 0 Å². The lowest BCUT2D eigenvalue weighted by Crippen LogP contribution is -2.39. The molecule has 2 rings (SSSR count). The summed E-state index contributed by atoms with van der Waals surface area (Å²) in [5, 5.41) is 11.1. The molecule has 0 aromatic heterocycles. The van der Waals surface area contributed by atoms with E-state index in [1.165, 1.54) is 11.1 Å². The first kappa shape index (κ1) is 20.7. The van der Waals surface area contributed by atoms with Crippen LogP contribution in [-0.2, 0) is 6.54 Å². The molecule has 0 radical (unpaired) electrons. The molecule has 0 amide bonds. The molecule has 0 fully saturated rings. The van der Waals surface area contributed by atoms with Crippen molar-refractivity contribution in [2.24, 2.45) is 0 Å². The van der Waals surface area contributed by atoms with Crippen molar-refractivity contribution in [2.75, 3.05) is 40.3 Å². The van der Waals surface area contributed by atoms with E-state index in [4.69, 9.17) is 16.3 Å². The lowest BCUT2D eigenvalue weighted by molar-refractivity contribution is 0.0632. The van der Waals surface area contributed by atoms with E-state index in [2.05, 4.69) is 55.1 Å². The molecular weight excluding hydrogens is 348 g/mol. The lowest BCUT2D eigenvalue weighted by atomic mass is 10.1. The van der Waals surface area contributed by atoms with Gasteiger partial charge in [-0.25, -0.2) is 0 Å². The maximum atomic E-state index is 10.4. The van der Waals surface area contributed by atoms with Crippen molar-refractivity contribution in [1.29, 1.82) is 0 Å². The summed E-state index contributed by atoms with van der Waals surface area (Å²) in [6.07, 6.45) is -0.558. The van der Waals surface area contributed by atoms with E-state index in [1.54, 1.807) is 12.1 Å². The minimum Gasteiger partial charge on any atom is -0.491 e. The van der Waals surface area contributed by atoms with Crippen LogP contribution in [0.3, 0.4) is 0 Å². The maximum absolute atomic E-state index is 10.4. The highest BCUT2D eigenvalue weighted by Gasteiger charge is 2.14. The Kier molecular flexibility index (Phi) is 8.39. The van der Waals surface area contributed by atoms with E-state index < -0.39 is 6.10 Å². The second-order valence-electron chi connectivity index (χ2n) is 6.88. The van der Waals surface area contributed by atoms with Crippen molar-refractivity contribution in [3.05, 3.63) is 64.7 Å². The Morgan fingerprint density at radius 3 is 2.38 bits per heavy atom. The lowest BCUT2D eigenvalue weighted by Gasteiger charge is -2.27. The molecule has 0 saturated heterocycles. The number of halogens is 1. The Labute approximate surface area is 162 Å². The Hall–Kier alpha value is -1.59. The first-order valence-electron chi connectivity index (χ1n) is 8.92. The van der Waals surface area contributed by atoms with Crippen molar-refractivity contribution in [1.82, 2.24) is 9.80 Å². The average molecular weight is 377 g/mol. The van der Waals surface area contributed by atoms with Gasteiger partial charge in [0.05, 0.1) is 0 Å². The van der Waals surface area contributed by atoms with E-state index in [9.17, 15) is 5.11 Å². The van der Waals surface area contributed by atoms with Gasteiger partial charge in [0, 0.05) is 31.2 Å². The zero-order valence-corrected chi connectivity index (χ0v) is 16.6.